The molecule has 1 N–H and O–H groups in total. The molecular formula is C12H22N2. The molecule has 14 heavy (non-hydrogen) atoms. The molecule has 1 unspecified atom stereocenters. The number of nitrogens with zero attached hydrogens (tertiary/aromatic N) is 1. The van der Waals surface area contributed by atoms with Crippen LogP contribution in [-0.2, 0) is 0 Å². The molecule has 1 saturated carbocycles. The van der Waals surface area contributed by atoms with E-state index in [9.17, 15) is 0 Å². The highest BCUT2D eigenvalue weighted by atomic mass is 15.1. The van der Waals surface area contributed by atoms with E-state index in [0.29, 0.717) is 0 Å². The van der Waals surface area contributed by atoms with Crippen molar-refractivity contribution in [2.75, 3.05) is 32.7 Å². The van der Waals surface area contributed by atoms with E-state index < -0.39 is 0 Å². The highest BCUT2D eigenvalue weighted by Gasteiger charge is 2.53. The molecule has 2 nitrogen and oxygen atoms in total. The van der Waals surface area contributed by atoms with Gasteiger partial charge in [0.15, 0.2) is 0 Å². The van der Waals surface area contributed by atoms with Crippen LogP contribution in [0.3, 0.4) is 0 Å². The average molecular weight is 194 g/mol. The summed E-state index contributed by atoms with van der Waals surface area (Å²) in [4.78, 5) is 2.70. The molecule has 1 spiro atoms. The Morgan fingerprint density at radius 2 is 1.86 bits per heavy atom. The van der Waals surface area contributed by atoms with Crippen LogP contribution in [0.25, 0.3) is 0 Å². The Labute approximate surface area is 87.0 Å². The Balaban J connectivity index is 1.51. The van der Waals surface area contributed by atoms with Crippen LogP contribution in [0.1, 0.15) is 32.1 Å². The summed E-state index contributed by atoms with van der Waals surface area (Å²) in [7, 11) is 0. The Hall–Kier alpha value is -0.0800. The maximum atomic E-state index is 3.48. The van der Waals surface area contributed by atoms with Gasteiger partial charge in [-0.15, -0.1) is 0 Å². The third-order valence-electron chi connectivity index (χ3n) is 4.64. The normalized spacial score (nSPS) is 36.4. The van der Waals surface area contributed by atoms with Gasteiger partial charge >= 0.3 is 0 Å². The summed E-state index contributed by atoms with van der Waals surface area (Å²) in [6.45, 7) is 6.72. The highest BCUT2D eigenvalue weighted by molar-refractivity contribution is 5.05. The van der Waals surface area contributed by atoms with E-state index in [0.717, 1.165) is 11.3 Å². The number of piperidine rings is 1. The first-order valence-electron chi connectivity index (χ1n) is 6.32. The van der Waals surface area contributed by atoms with Crippen LogP contribution in [0.5, 0.6) is 0 Å². The summed E-state index contributed by atoms with van der Waals surface area (Å²) < 4.78 is 0. The van der Waals surface area contributed by atoms with Gasteiger partial charge in [-0.1, -0.05) is 0 Å². The van der Waals surface area contributed by atoms with Gasteiger partial charge in [0.25, 0.3) is 0 Å². The topological polar surface area (TPSA) is 15.3 Å². The first-order valence-corrected chi connectivity index (χ1v) is 6.32. The molecule has 0 aromatic carbocycles. The van der Waals surface area contributed by atoms with E-state index in [-0.39, 0.29) is 0 Å². The Morgan fingerprint density at radius 1 is 1.14 bits per heavy atom. The molecule has 0 aromatic heterocycles. The van der Waals surface area contributed by atoms with Crippen molar-refractivity contribution in [2.45, 2.75) is 32.1 Å². The third kappa shape index (κ3) is 1.59. The number of nitrogens with one attached hydrogen (secondary N) is 1. The van der Waals surface area contributed by atoms with E-state index >= 15 is 0 Å². The summed E-state index contributed by atoms with van der Waals surface area (Å²) in [5.74, 6) is 1.06. The monoisotopic (exact) mass is 194 g/mol. The minimum Gasteiger partial charge on any atom is -0.317 e. The fourth-order valence-corrected chi connectivity index (χ4v) is 3.50. The average Bonchev–Trinajstić information content (AvgIpc) is 2.67. The summed E-state index contributed by atoms with van der Waals surface area (Å²) in [6, 6.07) is 0. The maximum absolute atomic E-state index is 3.48. The molecule has 2 heterocycles. The molecule has 2 saturated heterocycles. The molecule has 0 aromatic rings. The van der Waals surface area contributed by atoms with Crippen molar-refractivity contribution in [3.63, 3.8) is 0 Å². The molecular weight excluding hydrogens is 172 g/mol. The van der Waals surface area contributed by atoms with Gasteiger partial charge in [-0.25, -0.2) is 0 Å². The fourth-order valence-electron chi connectivity index (χ4n) is 3.50. The predicted octanol–water partition coefficient (Wildman–Crippen LogP) is 1.47. The van der Waals surface area contributed by atoms with Crippen molar-refractivity contribution in [3.8, 4) is 0 Å². The molecule has 3 aliphatic rings. The van der Waals surface area contributed by atoms with Gasteiger partial charge in [-0.05, 0) is 69.6 Å². The zero-order chi connectivity index (χ0) is 9.43. The molecule has 2 heteroatoms. The van der Waals surface area contributed by atoms with Crippen molar-refractivity contribution < 1.29 is 0 Å². The van der Waals surface area contributed by atoms with Gasteiger partial charge in [0.05, 0.1) is 0 Å². The van der Waals surface area contributed by atoms with Gasteiger partial charge in [0.1, 0.15) is 0 Å². The first kappa shape index (κ1) is 9.17. The van der Waals surface area contributed by atoms with Gasteiger partial charge in [-0.2, -0.15) is 0 Å². The van der Waals surface area contributed by atoms with Crippen LogP contribution in [-0.4, -0.2) is 37.6 Å². The fraction of sp³-hybridized carbons (Fsp3) is 1.00. The van der Waals surface area contributed by atoms with Gasteiger partial charge < -0.3 is 10.2 Å². The molecule has 0 bridgehead atoms. The molecule has 1 aliphatic carbocycles. The lowest BCUT2D eigenvalue weighted by molar-refractivity contribution is 0.262. The van der Waals surface area contributed by atoms with Crippen LogP contribution in [0.15, 0.2) is 0 Å². The summed E-state index contributed by atoms with van der Waals surface area (Å²) in [5.41, 5.74) is 0.799. The van der Waals surface area contributed by atoms with E-state index in [1.165, 1.54) is 64.8 Å². The van der Waals surface area contributed by atoms with Gasteiger partial charge in [0.2, 0.25) is 0 Å². The lowest BCUT2D eigenvalue weighted by Crippen LogP contribution is -2.32. The van der Waals surface area contributed by atoms with E-state index in [2.05, 4.69) is 10.2 Å². The Kier molecular flexibility index (Phi) is 2.29. The van der Waals surface area contributed by atoms with Crippen LogP contribution in [0.4, 0.5) is 0 Å². The van der Waals surface area contributed by atoms with Gasteiger partial charge in [0, 0.05) is 6.54 Å². The van der Waals surface area contributed by atoms with Crippen LogP contribution < -0.4 is 5.32 Å². The number of hydrogen-bond acceptors (Lipinski definition) is 2. The molecule has 0 radical (unpaired) electrons. The smallest absolute Gasteiger partial charge is 0.00152 e. The van der Waals surface area contributed by atoms with Crippen molar-refractivity contribution in [3.05, 3.63) is 0 Å². The van der Waals surface area contributed by atoms with Crippen molar-refractivity contribution >= 4 is 0 Å². The molecule has 0 amide bonds. The standard InChI is InChI=1S/C12H22N2/c1-2-8-14(7-1)10-11-9-12(11)3-5-13-6-4-12/h11,13H,1-10H2. The second-order valence-corrected chi connectivity index (χ2v) is 5.52. The van der Waals surface area contributed by atoms with Crippen molar-refractivity contribution in [1.29, 1.82) is 0 Å². The van der Waals surface area contributed by atoms with E-state index in [1.807, 2.05) is 0 Å². The number of rotatable bonds is 2. The molecule has 3 fully saturated rings. The van der Waals surface area contributed by atoms with Crippen LogP contribution in [0, 0.1) is 11.3 Å². The minimum absolute atomic E-state index is 0.799. The van der Waals surface area contributed by atoms with E-state index in [4.69, 9.17) is 0 Å². The summed E-state index contributed by atoms with van der Waals surface area (Å²) in [5, 5.41) is 3.48. The highest BCUT2D eigenvalue weighted by Crippen LogP contribution is 2.58. The summed E-state index contributed by atoms with van der Waals surface area (Å²) in [6.07, 6.45) is 7.32. The molecule has 2 aliphatic heterocycles. The number of likely N-dealkylation sites (tertiary alicyclic amines) is 1. The molecule has 1 atom stereocenters. The lowest BCUT2D eigenvalue weighted by Gasteiger charge is -2.25. The summed E-state index contributed by atoms with van der Waals surface area (Å²) >= 11 is 0. The lowest BCUT2D eigenvalue weighted by atomic mass is 9.92. The zero-order valence-corrected chi connectivity index (χ0v) is 9.10. The quantitative estimate of drug-likeness (QED) is 0.716. The second-order valence-electron chi connectivity index (χ2n) is 5.52. The number of hydrogen-bond donors (Lipinski definition) is 1. The maximum Gasteiger partial charge on any atom is 0.00152 e. The van der Waals surface area contributed by atoms with Gasteiger partial charge in [-0.3, -0.25) is 0 Å². The van der Waals surface area contributed by atoms with Crippen molar-refractivity contribution in [1.82, 2.24) is 10.2 Å². The molecule has 3 rings (SSSR count). The van der Waals surface area contributed by atoms with Crippen molar-refractivity contribution in [2.24, 2.45) is 11.3 Å². The third-order valence-corrected chi connectivity index (χ3v) is 4.64. The molecule has 80 valence electrons. The Bertz CT molecular complexity index is 202. The predicted molar refractivity (Wildman–Crippen MR) is 58.3 cm³/mol. The zero-order valence-electron chi connectivity index (χ0n) is 9.10. The minimum atomic E-state index is 0.799. The SMILES string of the molecule is C1CCN(CC2CC23CCNCC3)C1. The van der Waals surface area contributed by atoms with Crippen LogP contribution >= 0.6 is 0 Å². The van der Waals surface area contributed by atoms with E-state index in [1.54, 1.807) is 0 Å². The second kappa shape index (κ2) is 3.49. The largest absolute Gasteiger partial charge is 0.317 e. The first-order chi connectivity index (χ1) is 6.89. The Morgan fingerprint density at radius 3 is 2.57 bits per heavy atom. The van der Waals surface area contributed by atoms with Crippen LogP contribution in [0.2, 0.25) is 0 Å².